The minimum Gasteiger partial charge on any atom is -0.397 e. The van der Waals surface area contributed by atoms with Crippen LogP contribution in [0.25, 0.3) is 0 Å². The topological polar surface area (TPSA) is 62.7 Å². The van der Waals surface area contributed by atoms with Crippen LogP contribution in [0.5, 0.6) is 0 Å². The van der Waals surface area contributed by atoms with E-state index in [1.807, 2.05) is 6.07 Å². The van der Waals surface area contributed by atoms with Crippen LogP contribution in [0.1, 0.15) is 17.7 Å². The van der Waals surface area contributed by atoms with Crippen molar-refractivity contribution >= 4 is 21.6 Å². The van der Waals surface area contributed by atoms with Crippen LogP contribution < -0.4 is 5.73 Å². The molecular formula is C8H6BrF2N3. The summed E-state index contributed by atoms with van der Waals surface area (Å²) in [6.45, 7) is 0. The molecule has 0 saturated heterocycles. The molecular weight excluding hydrogens is 256 g/mol. The molecule has 1 aromatic rings. The molecule has 3 nitrogen and oxygen atoms in total. The number of pyridine rings is 1. The SMILES string of the molecule is N#CCc1nc(Br)cc(C(F)F)c1N. The molecule has 14 heavy (non-hydrogen) atoms. The maximum absolute atomic E-state index is 12.4. The Morgan fingerprint density at radius 3 is 2.79 bits per heavy atom. The average Bonchev–Trinajstić information content (AvgIpc) is 2.10. The number of anilines is 1. The number of nitriles is 1. The number of nitrogens with zero attached hydrogens (tertiary/aromatic N) is 2. The quantitative estimate of drug-likeness (QED) is 0.832. The first kappa shape index (κ1) is 10.9. The lowest BCUT2D eigenvalue weighted by atomic mass is 10.1. The molecule has 0 fully saturated rings. The van der Waals surface area contributed by atoms with Crippen LogP contribution in [-0.4, -0.2) is 4.98 Å². The zero-order valence-corrected chi connectivity index (χ0v) is 8.55. The molecule has 0 radical (unpaired) electrons. The lowest BCUT2D eigenvalue weighted by Gasteiger charge is -2.08. The van der Waals surface area contributed by atoms with Crippen LogP contribution in [0.3, 0.4) is 0 Å². The van der Waals surface area contributed by atoms with Gasteiger partial charge in [0.05, 0.1) is 23.9 Å². The minimum atomic E-state index is -2.66. The van der Waals surface area contributed by atoms with Crippen LogP contribution in [0.15, 0.2) is 10.7 Å². The number of nitrogens with two attached hydrogens (primary N) is 1. The van der Waals surface area contributed by atoms with Crippen LogP contribution in [-0.2, 0) is 6.42 Å². The van der Waals surface area contributed by atoms with Gasteiger partial charge in [0.2, 0.25) is 0 Å². The third-order valence-corrected chi connectivity index (χ3v) is 2.03. The van der Waals surface area contributed by atoms with Gasteiger partial charge < -0.3 is 5.73 Å². The van der Waals surface area contributed by atoms with Gasteiger partial charge in [-0.3, -0.25) is 0 Å². The highest BCUT2D eigenvalue weighted by Gasteiger charge is 2.16. The molecule has 0 spiro atoms. The van der Waals surface area contributed by atoms with Crippen molar-refractivity contribution in [2.45, 2.75) is 12.8 Å². The monoisotopic (exact) mass is 261 g/mol. The van der Waals surface area contributed by atoms with Crippen molar-refractivity contribution in [1.29, 1.82) is 5.26 Å². The fraction of sp³-hybridized carbons (Fsp3) is 0.250. The first-order chi connectivity index (χ1) is 6.56. The number of aromatic nitrogens is 1. The van der Waals surface area contributed by atoms with Gasteiger partial charge in [0.15, 0.2) is 0 Å². The second-order valence-electron chi connectivity index (χ2n) is 2.53. The van der Waals surface area contributed by atoms with Gasteiger partial charge in [0.1, 0.15) is 4.60 Å². The number of rotatable bonds is 2. The van der Waals surface area contributed by atoms with Gasteiger partial charge >= 0.3 is 0 Å². The molecule has 0 atom stereocenters. The van der Waals surface area contributed by atoms with Crippen molar-refractivity contribution in [1.82, 2.24) is 4.98 Å². The molecule has 0 aromatic carbocycles. The van der Waals surface area contributed by atoms with E-state index in [1.165, 1.54) is 0 Å². The lowest BCUT2D eigenvalue weighted by molar-refractivity contribution is 0.152. The second-order valence-corrected chi connectivity index (χ2v) is 3.34. The van der Waals surface area contributed by atoms with E-state index >= 15 is 0 Å². The van der Waals surface area contributed by atoms with E-state index in [0.29, 0.717) is 0 Å². The molecule has 1 aromatic heterocycles. The fourth-order valence-corrected chi connectivity index (χ4v) is 1.44. The molecule has 0 saturated carbocycles. The maximum Gasteiger partial charge on any atom is 0.265 e. The Labute approximate surface area is 87.7 Å². The first-order valence-corrected chi connectivity index (χ1v) is 4.45. The average molecular weight is 262 g/mol. The molecule has 74 valence electrons. The van der Waals surface area contributed by atoms with Crippen molar-refractivity contribution in [2.24, 2.45) is 0 Å². The number of alkyl halides is 2. The highest BCUT2D eigenvalue weighted by atomic mass is 79.9. The van der Waals surface area contributed by atoms with Gasteiger partial charge in [0.25, 0.3) is 6.43 Å². The molecule has 0 aliphatic carbocycles. The molecule has 0 aliphatic rings. The molecule has 0 amide bonds. The van der Waals surface area contributed by atoms with E-state index in [-0.39, 0.29) is 28.0 Å². The Hall–Kier alpha value is -1.22. The van der Waals surface area contributed by atoms with E-state index in [2.05, 4.69) is 20.9 Å². The predicted molar refractivity (Wildman–Crippen MR) is 50.6 cm³/mol. The predicted octanol–water partition coefficient (Wildman–Crippen LogP) is 2.43. The molecule has 6 heteroatoms. The molecule has 0 bridgehead atoms. The summed E-state index contributed by atoms with van der Waals surface area (Å²) in [5.41, 5.74) is 5.20. The Morgan fingerprint density at radius 2 is 2.29 bits per heavy atom. The third-order valence-electron chi connectivity index (χ3n) is 1.62. The Bertz CT molecular complexity index is 387. The standard InChI is InChI=1S/C8H6BrF2N3/c9-6-3-4(8(10)11)7(13)5(14-6)1-2-12/h3,8H,1,13H2. The van der Waals surface area contributed by atoms with Crippen LogP contribution in [0.2, 0.25) is 0 Å². The van der Waals surface area contributed by atoms with Gasteiger partial charge in [-0.2, -0.15) is 5.26 Å². The second kappa shape index (κ2) is 4.33. The Morgan fingerprint density at radius 1 is 1.64 bits per heavy atom. The van der Waals surface area contributed by atoms with Crippen molar-refractivity contribution < 1.29 is 8.78 Å². The van der Waals surface area contributed by atoms with Gasteiger partial charge in [-0.15, -0.1) is 0 Å². The van der Waals surface area contributed by atoms with Crippen molar-refractivity contribution in [3.8, 4) is 6.07 Å². The summed E-state index contributed by atoms with van der Waals surface area (Å²) in [5.74, 6) is 0. The van der Waals surface area contributed by atoms with Gasteiger partial charge in [-0.25, -0.2) is 13.8 Å². The molecule has 0 unspecified atom stereocenters. The summed E-state index contributed by atoms with van der Waals surface area (Å²) in [7, 11) is 0. The van der Waals surface area contributed by atoms with E-state index in [0.717, 1.165) is 6.07 Å². The molecule has 2 N–H and O–H groups in total. The van der Waals surface area contributed by atoms with Crippen LogP contribution >= 0.6 is 15.9 Å². The fourth-order valence-electron chi connectivity index (χ4n) is 0.984. The lowest BCUT2D eigenvalue weighted by Crippen LogP contribution is -2.03. The van der Waals surface area contributed by atoms with Gasteiger partial charge in [-0.1, -0.05) is 0 Å². The van der Waals surface area contributed by atoms with Crippen molar-refractivity contribution in [3.05, 3.63) is 21.9 Å². The first-order valence-electron chi connectivity index (χ1n) is 3.66. The number of nitrogen functional groups attached to an aromatic ring is 1. The van der Waals surface area contributed by atoms with Gasteiger partial charge in [0, 0.05) is 5.56 Å². The summed E-state index contributed by atoms with van der Waals surface area (Å²) >= 11 is 2.98. The summed E-state index contributed by atoms with van der Waals surface area (Å²) in [5, 5.41) is 8.42. The zero-order valence-electron chi connectivity index (χ0n) is 6.97. The Kier molecular flexibility index (Phi) is 3.36. The van der Waals surface area contributed by atoms with Crippen LogP contribution in [0, 0.1) is 11.3 Å². The van der Waals surface area contributed by atoms with Gasteiger partial charge in [-0.05, 0) is 22.0 Å². The minimum absolute atomic E-state index is 0.0784. The van der Waals surface area contributed by atoms with E-state index in [1.54, 1.807) is 0 Å². The summed E-state index contributed by atoms with van der Waals surface area (Å²) in [6, 6.07) is 2.96. The normalized spacial score (nSPS) is 10.2. The van der Waals surface area contributed by atoms with Crippen molar-refractivity contribution in [2.75, 3.05) is 5.73 Å². The van der Waals surface area contributed by atoms with E-state index in [4.69, 9.17) is 11.0 Å². The van der Waals surface area contributed by atoms with E-state index < -0.39 is 6.43 Å². The zero-order chi connectivity index (χ0) is 10.7. The number of hydrogen-bond acceptors (Lipinski definition) is 3. The molecule has 1 heterocycles. The summed E-state index contributed by atoms with van der Waals surface area (Å²) < 4.78 is 25.1. The van der Waals surface area contributed by atoms with E-state index in [9.17, 15) is 8.78 Å². The maximum atomic E-state index is 12.4. The summed E-state index contributed by atoms with van der Waals surface area (Å²) in [4.78, 5) is 3.84. The highest BCUT2D eigenvalue weighted by Crippen LogP contribution is 2.29. The molecule has 0 aliphatic heterocycles. The largest absolute Gasteiger partial charge is 0.397 e. The van der Waals surface area contributed by atoms with Crippen LogP contribution in [0.4, 0.5) is 14.5 Å². The molecule has 1 rings (SSSR count). The smallest absolute Gasteiger partial charge is 0.265 e. The number of halogens is 3. The van der Waals surface area contributed by atoms with Crippen molar-refractivity contribution in [3.63, 3.8) is 0 Å². The number of hydrogen-bond donors (Lipinski definition) is 1. The summed E-state index contributed by atoms with van der Waals surface area (Å²) in [6.07, 6.45) is -2.74. The highest BCUT2D eigenvalue weighted by molar-refractivity contribution is 9.10. The Balaban J connectivity index is 3.26. The third kappa shape index (κ3) is 2.17.